The summed E-state index contributed by atoms with van der Waals surface area (Å²) in [6.45, 7) is 0. The van der Waals surface area contributed by atoms with Gasteiger partial charge in [-0.15, -0.1) is 0 Å². The molecule has 0 radical (unpaired) electrons. The van der Waals surface area contributed by atoms with Gasteiger partial charge in [-0.25, -0.2) is 0 Å². The van der Waals surface area contributed by atoms with E-state index in [-0.39, 0.29) is 0 Å². The highest BCUT2D eigenvalue weighted by atomic mass is 79.9. The number of methoxy groups -OCH3 is 1. The van der Waals surface area contributed by atoms with Gasteiger partial charge in [0.1, 0.15) is 0 Å². The zero-order valence-electron chi connectivity index (χ0n) is 8.16. The van der Waals surface area contributed by atoms with Gasteiger partial charge in [0.15, 0.2) is 0 Å². The second-order valence-corrected chi connectivity index (χ2v) is 4.51. The summed E-state index contributed by atoms with van der Waals surface area (Å²) in [6, 6.07) is 8.38. The molecule has 0 amide bonds. The molecule has 0 atom stereocenters. The Bertz CT molecular complexity index is 353. The van der Waals surface area contributed by atoms with Gasteiger partial charge in [-0.3, -0.25) is 0 Å². The summed E-state index contributed by atoms with van der Waals surface area (Å²) in [5, 5.41) is 0. The third-order valence-electron chi connectivity index (χ3n) is 2.42. The minimum Gasteiger partial charge on any atom is -0.504 e. The lowest BCUT2D eigenvalue weighted by molar-refractivity contribution is 0.338. The lowest BCUT2D eigenvalue weighted by Crippen LogP contribution is -1.87. The molecule has 1 aromatic carbocycles. The molecular formula is C12H13BrO. The van der Waals surface area contributed by atoms with Gasteiger partial charge in [-0.1, -0.05) is 28.1 Å². The van der Waals surface area contributed by atoms with Crippen molar-refractivity contribution < 1.29 is 4.74 Å². The van der Waals surface area contributed by atoms with Crippen LogP contribution in [0.4, 0.5) is 0 Å². The molecule has 1 fully saturated rings. The number of benzene rings is 1. The topological polar surface area (TPSA) is 9.23 Å². The van der Waals surface area contributed by atoms with Gasteiger partial charge in [-0.05, 0) is 42.0 Å². The van der Waals surface area contributed by atoms with Crippen molar-refractivity contribution in [3.63, 3.8) is 0 Å². The van der Waals surface area contributed by atoms with Crippen molar-refractivity contribution in [1.29, 1.82) is 0 Å². The summed E-state index contributed by atoms with van der Waals surface area (Å²) in [6.07, 6.45) is 4.46. The van der Waals surface area contributed by atoms with Crippen LogP contribution in [0.3, 0.4) is 0 Å². The van der Waals surface area contributed by atoms with Crippen LogP contribution in [0, 0.1) is 5.92 Å². The van der Waals surface area contributed by atoms with Crippen LogP contribution in [0.25, 0.3) is 5.57 Å². The van der Waals surface area contributed by atoms with E-state index in [1.165, 1.54) is 24.0 Å². The number of ether oxygens (including phenoxy) is 1. The second kappa shape index (κ2) is 4.18. The summed E-state index contributed by atoms with van der Waals surface area (Å²) >= 11 is 3.48. The van der Waals surface area contributed by atoms with Crippen molar-refractivity contribution in [2.24, 2.45) is 5.92 Å². The van der Waals surface area contributed by atoms with Gasteiger partial charge in [0.25, 0.3) is 0 Å². The number of halogens is 1. The van der Waals surface area contributed by atoms with E-state index in [1.54, 1.807) is 7.11 Å². The van der Waals surface area contributed by atoms with Crippen LogP contribution in [0.5, 0.6) is 0 Å². The molecule has 1 aromatic rings. The lowest BCUT2D eigenvalue weighted by atomic mass is 10.0. The van der Waals surface area contributed by atoms with E-state index in [2.05, 4.69) is 34.1 Å². The van der Waals surface area contributed by atoms with Crippen LogP contribution in [-0.4, -0.2) is 7.11 Å². The van der Waals surface area contributed by atoms with Crippen molar-refractivity contribution in [1.82, 2.24) is 0 Å². The highest BCUT2D eigenvalue weighted by Crippen LogP contribution is 2.42. The number of hydrogen-bond acceptors (Lipinski definition) is 1. The second-order valence-electron chi connectivity index (χ2n) is 3.59. The molecule has 1 nitrogen and oxygen atoms in total. The van der Waals surface area contributed by atoms with Gasteiger partial charge in [-0.2, -0.15) is 0 Å². The van der Waals surface area contributed by atoms with Crippen LogP contribution in [0.2, 0.25) is 0 Å². The maximum absolute atomic E-state index is 5.12. The molecule has 74 valence electrons. The monoisotopic (exact) mass is 252 g/mol. The Morgan fingerprint density at radius 3 is 2.86 bits per heavy atom. The first-order chi connectivity index (χ1) is 6.81. The Hall–Kier alpha value is -0.760. The predicted octanol–water partition coefficient (Wildman–Crippen LogP) is 3.85. The minimum atomic E-state index is 0.712. The summed E-state index contributed by atoms with van der Waals surface area (Å²) in [7, 11) is 1.71. The van der Waals surface area contributed by atoms with E-state index in [1.807, 2.05) is 12.3 Å². The first-order valence-corrected chi connectivity index (χ1v) is 5.59. The summed E-state index contributed by atoms with van der Waals surface area (Å²) in [5.41, 5.74) is 2.59. The average Bonchev–Trinajstić information content (AvgIpc) is 2.97. The molecule has 0 saturated heterocycles. The maximum atomic E-state index is 5.12. The maximum Gasteiger partial charge on any atom is 0.0865 e. The van der Waals surface area contributed by atoms with E-state index >= 15 is 0 Å². The zero-order valence-corrected chi connectivity index (χ0v) is 9.75. The molecule has 1 aliphatic rings. The summed E-state index contributed by atoms with van der Waals surface area (Å²) in [5.74, 6) is 0.712. The fourth-order valence-corrected chi connectivity index (χ4v) is 1.99. The Balaban J connectivity index is 2.30. The van der Waals surface area contributed by atoms with Crippen LogP contribution >= 0.6 is 15.9 Å². The van der Waals surface area contributed by atoms with Crippen molar-refractivity contribution >= 4 is 21.5 Å². The number of rotatable bonds is 3. The van der Waals surface area contributed by atoms with Crippen molar-refractivity contribution in [2.45, 2.75) is 12.8 Å². The molecule has 0 N–H and O–H groups in total. The van der Waals surface area contributed by atoms with E-state index in [0.717, 1.165) is 4.47 Å². The Kier molecular flexibility index (Phi) is 2.92. The van der Waals surface area contributed by atoms with Crippen LogP contribution < -0.4 is 0 Å². The molecule has 2 heteroatoms. The third kappa shape index (κ3) is 2.18. The highest BCUT2D eigenvalue weighted by molar-refractivity contribution is 9.10. The highest BCUT2D eigenvalue weighted by Gasteiger charge is 2.27. The Morgan fingerprint density at radius 1 is 1.50 bits per heavy atom. The van der Waals surface area contributed by atoms with Gasteiger partial charge in [0, 0.05) is 4.47 Å². The third-order valence-corrected chi connectivity index (χ3v) is 2.91. The predicted molar refractivity (Wildman–Crippen MR) is 61.9 cm³/mol. The van der Waals surface area contributed by atoms with Crippen molar-refractivity contribution in [3.8, 4) is 0 Å². The molecule has 14 heavy (non-hydrogen) atoms. The molecule has 0 aromatic heterocycles. The normalized spacial score (nSPS) is 16.9. The van der Waals surface area contributed by atoms with Crippen molar-refractivity contribution in [2.75, 3.05) is 7.11 Å². The van der Waals surface area contributed by atoms with Gasteiger partial charge in [0.2, 0.25) is 0 Å². The summed E-state index contributed by atoms with van der Waals surface area (Å²) < 4.78 is 6.25. The van der Waals surface area contributed by atoms with Crippen LogP contribution in [0.1, 0.15) is 18.4 Å². The quantitative estimate of drug-likeness (QED) is 0.743. The van der Waals surface area contributed by atoms with Gasteiger partial charge in [0.05, 0.1) is 13.4 Å². The molecule has 1 saturated carbocycles. The lowest BCUT2D eigenvalue weighted by Gasteiger charge is -2.06. The van der Waals surface area contributed by atoms with E-state index < -0.39 is 0 Å². The number of hydrogen-bond donors (Lipinski definition) is 0. The standard InChI is InChI=1S/C12H13BrO/c1-14-8-12(9-5-6-9)10-3-2-4-11(13)7-10/h2-4,7-9H,5-6H2,1H3. The molecule has 2 rings (SSSR count). The number of allylic oxidation sites excluding steroid dienone is 1. The SMILES string of the molecule is COC=C(c1cccc(Br)c1)C1CC1. The Labute approximate surface area is 92.9 Å². The molecule has 0 unspecified atom stereocenters. The molecule has 1 aliphatic carbocycles. The molecule has 0 bridgehead atoms. The molecule has 0 spiro atoms. The molecule has 0 aliphatic heterocycles. The van der Waals surface area contributed by atoms with E-state index in [9.17, 15) is 0 Å². The van der Waals surface area contributed by atoms with Gasteiger partial charge < -0.3 is 4.74 Å². The molecular weight excluding hydrogens is 240 g/mol. The fourth-order valence-electron chi connectivity index (χ4n) is 1.59. The van der Waals surface area contributed by atoms with E-state index in [0.29, 0.717) is 5.92 Å². The smallest absolute Gasteiger partial charge is 0.0865 e. The van der Waals surface area contributed by atoms with Crippen molar-refractivity contribution in [3.05, 3.63) is 40.6 Å². The molecule has 0 heterocycles. The first kappa shape index (κ1) is 9.78. The Morgan fingerprint density at radius 2 is 2.29 bits per heavy atom. The summed E-state index contributed by atoms with van der Waals surface area (Å²) in [4.78, 5) is 0. The first-order valence-electron chi connectivity index (χ1n) is 4.80. The zero-order chi connectivity index (χ0) is 9.97. The fraction of sp³-hybridized carbons (Fsp3) is 0.333. The van der Waals surface area contributed by atoms with E-state index in [4.69, 9.17) is 4.74 Å². The average molecular weight is 253 g/mol. The van der Waals surface area contributed by atoms with Gasteiger partial charge >= 0.3 is 0 Å². The minimum absolute atomic E-state index is 0.712. The van der Waals surface area contributed by atoms with Crippen LogP contribution in [0.15, 0.2) is 35.0 Å². The largest absolute Gasteiger partial charge is 0.504 e. The van der Waals surface area contributed by atoms with Crippen LogP contribution in [-0.2, 0) is 4.74 Å².